The van der Waals surface area contributed by atoms with Crippen molar-refractivity contribution < 1.29 is 4.74 Å². The smallest absolute Gasteiger partial charge is 0.129 e. The summed E-state index contributed by atoms with van der Waals surface area (Å²) >= 11 is 0. The molecule has 0 atom stereocenters. The van der Waals surface area contributed by atoms with Crippen LogP contribution in [-0.2, 0) is 4.74 Å². The summed E-state index contributed by atoms with van der Waals surface area (Å²) in [5.74, 6) is 1.61. The number of anilines is 1. The van der Waals surface area contributed by atoms with Gasteiger partial charge in [0.15, 0.2) is 0 Å². The first-order chi connectivity index (χ1) is 7.33. The number of ether oxygens (including phenoxy) is 1. The van der Waals surface area contributed by atoms with E-state index in [9.17, 15) is 0 Å². The Labute approximate surface area is 90.4 Å². The minimum Gasteiger partial charge on any atom is -0.379 e. The fraction of sp³-hybridized carbons (Fsp3) is 0.455. The van der Waals surface area contributed by atoms with Crippen molar-refractivity contribution in [1.29, 1.82) is 0 Å². The van der Waals surface area contributed by atoms with E-state index >= 15 is 0 Å². The third kappa shape index (κ3) is 5.12. The third-order valence-corrected chi connectivity index (χ3v) is 1.79. The van der Waals surface area contributed by atoms with E-state index in [0.29, 0.717) is 6.61 Å². The van der Waals surface area contributed by atoms with Crippen LogP contribution in [0.4, 0.5) is 5.82 Å². The molecule has 0 aliphatic heterocycles. The predicted octanol–water partition coefficient (Wildman–Crippen LogP) is 1.79. The van der Waals surface area contributed by atoms with Crippen LogP contribution in [0.3, 0.4) is 0 Å². The van der Waals surface area contributed by atoms with Crippen molar-refractivity contribution in [2.45, 2.75) is 13.3 Å². The molecule has 0 bridgehead atoms. The van der Waals surface area contributed by atoms with Crippen LogP contribution in [0.2, 0.25) is 0 Å². The number of hydrogen-bond donors (Lipinski definition) is 1. The normalized spacial score (nSPS) is 9.93. The second-order valence-corrected chi connectivity index (χ2v) is 3.11. The van der Waals surface area contributed by atoms with Gasteiger partial charge in [-0.3, -0.25) is 0 Å². The average Bonchev–Trinajstić information content (AvgIpc) is 2.23. The van der Waals surface area contributed by atoms with Crippen molar-refractivity contribution in [2.24, 2.45) is 0 Å². The van der Waals surface area contributed by atoms with Crippen LogP contribution in [0.25, 0.3) is 0 Å². The Hall–Kier alpha value is -1.42. The molecule has 0 amide bonds. The van der Waals surface area contributed by atoms with Crippen LogP contribution in [0.5, 0.6) is 0 Å². The van der Waals surface area contributed by atoms with Gasteiger partial charge in [-0.2, -0.15) is 0 Å². The van der Waals surface area contributed by atoms with E-state index in [4.69, 9.17) is 4.74 Å². The van der Waals surface area contributed by atoms with E-state index in [2.05, 4.69) is 21.9 Å². The second-order valence-electron chi connectivity index (χ2n) is 3.11. The van der Waals surface area contributed by atoms with Gasteiger partial charge in [0.25, 0.3) is 0 Å². The molecule has 1 N–H and O–H groups in total. The number of aryl methyl sites for hydroxylation is 1. The molecule has 0 aromatic carbocycles. The summed E-state index contributed by atoms with van der Waals surface area (Å²) in [4.78, 5) is 8.23. The first-order valence-corrected chi connectivity index (χ1v) is 5.05. The van der Waals surface area contributed by atoms with Crippen LogP contribution in [0, 0.1) is 6.92 Å². The lowest BCUT2D eigenvalue weighted by Gasteiger charge is -2.05. The largest absolute Gasteiger partial charge is 0.379 e. The molecule has 0 aliphatic rings. The summed E-state index contributed by atoms with van der Waals surface area (Å²) in [5.41, 5.74) is 0. The molecule has 0 saturated heterocycles. The molecule has 0 radical (unpaired) electrons. The molecule has 1 heterocycles. The fourth-order valence-electron chi connectivity index (χ4n) is 1.07. The Morgan fingerprint density at radius 1 is 1.53 bits per heavy atom. The quantitative estimate of drug-likeness (QED) is 0.547. The molecule has 0 spiro atoms. The molecule has 15 heavy (non-hydrogen) atoms. The number of aromatic nitrogens is 2. The lowest BCUT2D eigenvalue weighted by Crippen LogP contribution is -2.11. The van der Waals surface area contributed by atoms with Crippen LogP contribution >= 0.6 is 0 Å². The van der Waals surface area contributed by atoms with Crippen LogP contribution < -0.4 is 5.32 Å². The Morgan fingerprint density at radius 3 is 3.13 bits per heavy atom. The highest BCUT2D eigenvalue weighted by Gasteiger charge is 1.93. The van der Waals surface area contributed by atoms with Crippen molar-refractivity contribution in [3.63, 3.8) is 0 Å². The molecule has 0 aliphatic carbocycles. The van der Waals surface area contributed by atoms with Gasteiger partial charge in [-0.1, -0.05) is 6.08 Å². The second kappa shape index (κ2) is 6.95. The van der Waals surface area contributed by atoms with Gasteiger partial charge in [0, 0.05) is 12.7 Å². The standard InChI is InChI=1S/C11H17N3O/c1-3-4-8-15-9-7-13-11-5-6-12-10(2)14-11/h3,5-6H,1,4,7-9H2,2H3,(H,12,13,14). The summed E-state index contributed by atoms with van der Waals surface area (Å²) in [7, 11) is 0. The minimum atomic E-state index is 0.677. The Morgan fingerprint density at radius 2 is 2.40 bits per heavy atom. The summed E-state index contributed by atoms with van der Waals surface area (Å²) < 4.78 is 5.35. The lowest BCUT2D eigenvalue weighted by molar-refractivity contribution is 0.149. The van der Waals surface area contributed by atoms with Crippen molar-refractivity contribution in [3.05, 3.63) is 30.7 Å². The molecular formula is C11H17N3O. The number of hydrogen-bond acceptors (Lipinski definition) is 4. The maximum Gasteiger partial charge on any atom is 0.129 e. The van der Waals surface area contributed by atoms with Crippen molar-refractivity contribution >= 4 is 5.82 Å². The van der Waals surface area contributed by atoms with Crippen molar-refractivity contribution in [1.82, 2.24) is 9.97 Å². The Kier molecular flexibility index (Phi) is 5.40. The summed E-state index contributed by atoms with van der Waals surface area (Å²) in [6.07, 6.45) is 4.48. The zero-order valence-electron chi connectivity index (χ0n) is 9.07. The number of rotatable bonds is 7. The van der Waals surface area contributed by atoms with Gasteiger partial charge in [-0.05, 0) is 19.4 Å². The highest BCUT2D eigenvalue weighted by Crippen LogP contribution is 1.99. The topological polar surface area (TPSA) is 47.0 Å². The van der Waals surface area contributed by atoms with E-state index in [0.717, 1.165) is 31.2 Å². The van der Waals surface area contributed by atoms with E-state index in [1.165, 1.54) is 0 Å². The molecule has 4 nitrogen and oxygen atoms in total. The molecule has 1 rings (SSSR count). The molecular weight excluding hydrogens is 190 g/mol. The van der Waals surface area contributed by atoms with Gasteiger partial charge in [-0.25, -0.2) is 9.97 Å². The van der Waals surface area contributed by atoms with Crippen LogP contribution in [-0.4, -0.2) is 29.7 Å². The maximum absolute atomic E-state index is 5.35. The molecule has 1 aromatic rings. The molecule has 4 heteroatoms. The molecule has 0 unspecified atom stereocenters. The van der Waals surface area contributed by atoms with Gasteiger partial charge in [-0.15, -0.1) is 6.58 Å². The summed E-state index contributed by atoms with van der Waals surface area (Å²) in [6, 6.07) is 1.84. The van der Waals surface area contributed by atoms with Gasteiger partial charge >= 0.3 is 0 Å². The zero-order chi connectivity index (χ0) is 10.9. The predicted molar refractivity (Wildman–Crippen MR) is 60.9 cm³/mol. The highest BCUT2D eigenvalue weighted by molar-refractivity contribution is 5.32. The monoisotopic (exact) mass is 207 g/mol. The van der Waals surface area contributed by atoms with E-state index in [-0.39, 0.29) is 0 Å². The molecule has 82 valence electrons. The van der Waals surface area contributed by atoms with Crippen LogP contribution in [0.15, 0.2) is 24.9 Å². The van der Waals surface area contributed by atoms with E-state index < -0.39 is 0 Å². The Bertz CT molecular complexity index is 302. The van der Waals surface area contributed by atoms with E-state index in [1.807, 2.05) is 19.1 Å². The maximum atomic E-state index is 5.35. The SMILES string of the molecule is C=CCCOCCNc1ccnc(C)n1. The number of nitrogens with one attached hydrogen (secondary N) is 1. The van der Waals surface area contributed by atoms with Crippen molar-refractivity contribution in [2.75, 3.05) is 25.1 Å². The zero-order valence-corrected chi connectivity index (χ0v) is 9.07. The van der Waals surface area contributed by atoms with Gasteiger partial charge < -0.3 is 10.1 Å². The molecule has 0 fully saturated rings. The van der Waals surface area contributed by atoms with E-state index in [1.54, 1.807) is 6.20 Å². The first kappa shape index (κ1) is 11.7. The third-order valence-electron chi connectivity index (χ3n) is 1.79. The van der Waals surface area contributed by atoms with Gasteiger partial charge in [0.2, 0.25) is 0 Å². The molecule has 1 aromatic heterocycles. The van der Waals surface area contributed by atoms with Crippen molar-refractivity contribution in [3.8, 4) is 0 Å². The summed E-state index contributed by atoms with van der Waals surface area (Å²) in [6.45, 7) is 7.66. The summed E-state index contributed by atoms with van der Waals surface area (Å²) in [5, 5.41) is 3.16. The average molecular weight is 207 g/mol. The highest BCUT2D eigenvalue weighted by atomic mass is 16.5. The fourth-order valence-corrected chi connectivity index (χ4v) is 1.07. The van der Waals surface area contributed by atoms with Gasteiger partial charge in [0.1, 0.15) is 11.6 Å². The molecule has 0 saturated carbocycles. The lowest BCUT2D eigenvalue weighted by atomic mass is 10.4. The Balaban J connectivity index is 2.12. The van der Waals surface area contributed by atoms with Gasteiger partial charge in [0.05, 0.1) is 13.2 Å². The van der Waals surface area contributed by atoms with Crippen LogP contribution in [0.1, 0.15) is 12.2 Å². The first-order valence-electron chi connectivity index (χ1n) is 5.05. The minimum absolute atomic E-state index is 0.677. The number of nitrogens with zero attached hydrogens (tertiary/aromatic N) is 2.